The number of hydrogen-bond donors (Lipinski definition) is 2. The molecule has 2 aromatic heterocycles. The number of thiazole rings is 1. The summed E-state index contributed by atoms with van der Waals surface area (Å²) in [5.74, 6) is 0.778. The Bertz CT molecular complexity index is 1040. The molecule has 0 bridgehead atoms. The number of anilines is 1. The number of aryl methyl sites for hydroxylation is 1. The van der Waals surface area contributed by atoms with E-state index < -0.39 is 0 Å². The first-order valence-electron chi connectivity index (χ1n) is 9.22. The molecule has 0 aliphatic carbocycles. The van der Waals surface area contributed by atoms with Crippen molar-refractivity contribution in [2.45, 2.75) is 13.5 Å². The molecule has 29 heavy (non-hydrogen) atoms. The Balaban J connectivity index is 1.34. The molecular formula is C20H20N4O4S. The van der Waals surface area contributed by atoms with Crippen LogP contribution < -0.4 is 20.1 Å². The SMILES string of the molecule is CCn1ccc(C(=O)NCC(=O)Nc2nc(-c3ccc4c(c3)OCCO4)cs2)c1. The lowest BCUT2D eigenvalue weighted by Crippen LogP contribution is -2.32. The number of nitrogens with zero attached hydrogens (tertiary/aromatic N) is 2. The fourth-order valence-electron chi connectivity index (χ4n) is 2.86. The molecule has 1 aromatic carbocycles. The Labute approximate surface area is 171 Å². The second-order valence-corrected chi connectivity index (χ2v) is 7.22. The molecule has 0 spiro atoms. The number of aromatic nitrogens is 2. The van der Waals surface area contributed by atoms with Gasteiger partial charge in [0.2, 0.25) is 5.91 Å². The number of carbonyl (C=O) groups excluding carboxylic acids is 2. The number of benzene rings is 1. The van der Waals surface area contributed by atoms with Crippen LogP contribution in [-0.2, 0) is 11.3 Å². The van der Waals surface area contributed by atoms with Gasteiger partial charge in [-0.25, -0.2) is 4.98 Å². The summed E-state index contributed by atoms with van der Waals surface area (Å²) in [5, 5.41) is 7.64. The molecule has 0 atom stereocenters. The van der Waals surface area contributed by atoms with Crippen molar-refractivity contribution in [1.29, 1.82) is 0 Å². The Hall–Kier alpha value is -3.33. The Morgan fingerprint density at radius 3 is 2.83 bits per heavy atom. The van der Waals surface area contributed by atoms with E-state index in [-0.39, 0.29) is 18.4 Å². The van der Waals surface area contributed by atoms with Crippen LogP contribution in [0.15, 0.2) is 42.0 Å². The van der Waals surface area contributed by atoms with E-state index in [9.17, 15) is 9.59 Å². The first-order chi connectivity index (χ1) is 14.1. The maximum absolute atomic E-state index is 12.1. The third-order valence-electron chi connectivity index (χ3n) is 4.38. The molecule has 9 heteroatoms. The fourth-order valence-corrected chi connectivity index (χ4v) is 3.60. The van der Waals surface area contributed by atoms with Gasteiger partial charge in [0.05, 0.1) is 17.8 Å². The number of rotatable bonds is 6. The molecule has 2 N–H and O–H groups in total. The standard InChI is InChI=1S/C20H20N4O4S/c1-2-24-6-5-14(11-24)19(26)21-10-18(25)23-20-22-15(12-29-20)13-3-4-16-17(9-13)28-8-7-27-16/h3-6,9,11-12H,2,7-8,10H2,1H3,(H,21,26)(H,22,23,25). The average Bonchev–Trinajstić information content (AvgIpc) is 3.41. The number of fused-ring (bicyclic) bond motifs is 1. The smallest absolute Gasteiger partial charge is 0.253 e. The van der Waals surface area contributed by atoms with Gasteiger partial charge in [-0.1, -0.05) is 0 Å². The summed E-state index contributed by atoms with van der Waals surface area (Å²) < 4.78 is 13.0. The topological polar surface area (TPSA) is 94.5 Å². The largest absolute Gasteiger partial charge is 0.486 e. The summed E-state index contributed by atoms with van der Waals surface area (Å²) in [6, 6.07) is 7.34. The molecule has 0 radical (unpaired) electrons. The van der Waals surface area contributed by atoms with E-state index in [2.05, 4.69) is 15.6 Å². The molecule has 0 unspecified atom stereocenters. The zero-order chi connectivity index (χ0) is 20.2. The number of amides is 2. The highest BCUT2D eigenvalue weighted by atomic mass is 32.1. The molecule has 8 nitrogen and oxygen atoms in total. The van der Waals surface area contributed by atoms with E-state index in [0.717, 1.165) is 17.8 Å². The molecule has 1 aliphatic heterocycles. The Kier molecular flexibility index (Phi) is 5.48. The van der Waals surface area contributed by atoms with Gasteiger partial charge in [0, 0.05) is 29.9 Å². The molecule has 0 saturated heterocycles. The van der Waals surface area contributed by atoms with Crippen molar-refractivity contribution in [2.75, 3.05) is 25.1 Å². The van der Waals surface area contributed by atoms with Gasteiger partial charge in [-0.3, -0.25) is 9.59 Å². The van der Waals surface area contributed by atoms with Gasteiger partial charge < -0.3 is 24.7 Å². The van der Waals surface area contributed by atoms with Gasteiger partial charge in [-0.05, 0) is 31.2 Å². The van der Waals surface area contributed by atoms with Crippen LogP contribution >= 0.6 is 11.3 Å². The maximum atomic E-state index is 12.1. The van der Waals surface area contributed by atoms with E-state index in [1.165, 1.54) is 11.3 Å². The number of hydrogen-bond acceptors (Lipinski definition) is 6. The van der Waals surface area contributed by atoms with Crippen LogP contribution in [0.5, 0.6) is 11.5 Å². The second-order valence-electron chi connectivity index (χ2n) is 6.36. The van der Waals surface area contributed by atoms with Crippen molar-refractivity contribution in [2.24, 2.45) is 0 Å². The minimum Gasteiger partial charge on any atom is -0.486 e. The van der Waals surface area contributed by atoms with E-state index in [0.29, 0.717) is 35.4 Å². The van der Waals surface area contributed by atoms with Crippen LogP contribution in [-0.4, -0.2) is 41.1 Å². The first kappa shape index (κ1) is 19.0. The zero-order valence-electron chi connectivity index (χ0n) is 15.8. The van der Waals surface area contributed by atoms with Crippen LogP contribution in [0, 0.1) is 0 Å². The number of carbonyl (C=O) groups is 2. The Morgan fingerprint density at radius 1 is 1.21 bits per heavy atom. The van der Waals surface area contributed by atoms with Crippen LogP contribution in [0.25, 0.3) is 11.3 Å². The van der Waals surface area contributed by atoms with Crippen molar-refractivity contribution >= 4 is 28.3 Å². The summed E-state index contributed by atoms with van der Waals surface area (Å²) in [4.78, 5) is 28.7. The van der Waals surface area contributed by atoms with Crippen molar-refractivity contribution < 1.29 is 19.1 Å². The van der Waals surface area contributed by atoms with Gasteiger partial charge in [-0.2, -0.15) is 0 Å². The van der Waals surface area contributed by atoms with Crippen LogP contribution in [0.4, 0.5) is 5.13 Å². The highest BCUT2D eigenvalue weighted by molar-refractivity contribution is 7.14. The van der Waals surface area contributed by atoms with Crippen LogP contribution in [0.3, 0.4) is 0 Å². The molecule has 1 aliphatic rings. The summed E-state index contributed by atoms with van der Waals surface area (Å²) in [5.41, 5.74) is 2.13. The lowest BCUT2D eigenvalue weighted by atomic mass is 10.1. The summed E-state index contributed by atoms with van der Waals surface area (Å²) in [6.45, 7) is 3.70. The van der Waals surface area contributed by atoms with Crippen molar-refractivity contribution in [3.8, 4) is 22.8 Å². The highest BCUT2D eigenvalue weighted by Gasteiger charge is 2.15. The van der Waals surface area contributed by atoms with Gasteiger partial charge in [0.15, 0.2) is 16.6 Å². The molecule has 3 heterocycles. The van der Waals surface area contributed by atoms with Crippen LogP contribution in [0.1, 0.15) is 17.3 Å². The lowest BCUT2D eigenvalue weighted by Gasteiger charge is -2.18. The predicted octanol–water partition coefficient (Wildman–Crippen LogP) is 2.77. The average molecular weight is 412 g/mol. The highest BCUT2D eigenvalue weighted by Crippen LogP contribution is 2.35. The molecule has 4 rings (SSSR count). The monoisotopic (exact) mass is 412 g/mol. The minimum absolute atomic E-state index is 0.130. The van der Waals surface area contributed by atoms with Gasteiger partial charge in [-0.15, -0.1) is 11.3 Å². The third kappa shape index (κ3) is 4.40. The fraction of sp³-hybridized carbons (Fsp3) is 0.250. The second kappa shape index (κ2) is 8.36. The lowest BCUT2D eigenvalue weighted by molar-refractivity contribution is -0.115. The normalized spacial score (nSPS) is 12.4. The third-order valence-corrected chi connectivity index (χ3v) is 5.13. The Morgan fingerprint density at radius 2 is 2.03 bits per heavy atom. The first-order valence-corrected chi connectivity index (χ1v) is 10.1. The number of ether oxygens (including phenoxy) is 2. The maximum Gasteiger partial charge on any atom is 0.253 e. The molecular weight excluding hydrogens is 392 g/mol. The van der Waals surface area contributed by atoms with E-state index >= 15 is 0 Å². The minimum atomic E-state index is -0.337. The van der Waals surface area contributed by atoms with E-state index in [1.807, 2.05) is 41.3 Å². The van der Waals surface area contributed by atoms with Crippen molar-refractivity contribution in [3.05, 3.63) is 47.6 Å². The summed E-state index contributed by atoms with van der Waals surface area (Å²) in [6.07, 6.45) is 3.57. The van der Waals surface area contributed by atoms with E-state index in [4.69, 9.17) is 9.47 Å². The van der Waals surface area contributed by atoms with Crippen molar-refractivity contribution in [1.82, 2.24) is 14.9 Å². The zero-order valence-corrected chi connectivity index (χ0v) is 16.6. The van der Waals surface area contributed by atoms with Crippen molar-refractivity contribution in [3.63, 3.8) is 0 Å². The van der Waals surface area contributed by atoms with Gasteiger partial charge in [0.1, 0.15) is 13.2 Å². The summed E-state index contributed by atoms with van der Waals surface area (Å²) in [7, 11) is 0. The molecule has 0 fully saturated rings. The number of nitrogens with one attached hydrogen (secondary N) is 2. The molecule has 0 saturated carbocycles. The summed E-state index contributed by atoms with van der Waals surface area (Å²) >= 11 is 1.32. The quantitative estimate of drug-likeness (QED) is 0.649. The van der Waals surface area contributed by atoms with E-state index in [1.54, 1.807) is 12.3 Å². The molecule has 2 amide bonds. The predicted molar refractivity (Wildman–Crippen MR) is 110 cm³/mol. The molecule has 3 aromatic rings. The van der Waals surface area contributed by atoms with Gasteiger partial charge in [0.25, 0.3) is 5.91 Å². The van der Waals surface area contributed by atoms with Crippen LogP contribution in [0.2, 0.25) is 0 Å². The van der Waals surface area contributed by atoms with Gasteiger partial charge >= 0.3 is 0 Å². The molecule has 150 valence electrons.